The van der Waals surface area contributed by atoms with Crippen molar-refractivity contribution in [2.75, 3.05) is 0 Å². The van der Waals surface area contributed by atoms with Gasteiger partial charge in [-0.25, -0.2) is 0 Å². The Morgan fingerprint density at radius 3 is 1.88 bits per heavy atom. The summed E-state index contributed by atoms with van der Waals surface area (Å²) in [7, 11) is 0. The van der Waals surface area contributed by atoms with E-state index in [1.54, 1.807) is 12.3 Å². The minimum Gasteiger partial charge on any atom is -0.507 e. The second-order valence-electron chi connectivity index (χ2n) is 11.0. The Morgan fingerprint density at radius 1 is 0.781 bits per heavy atom. The third-order valence-corrected chi connectivity index (χ3v) is 6.25. The van der Waals surface area contributed by atoms with Gasteiger partial charge in [-0.1, -0.05) is 72.6 Å². The van der Waals surface area contributed by atoms with Gasteiger partial charge in [-0.2, -0.15) is 0 Å². The lowest BCUT2D eigenvalue weighted by atomic mass is 9.79. The second kappa shape index (κ2) is 9.48. The second-order valence-corrected chi connectivity index (χ2v) is 11.0. The predicted octanol–water partition coefficient (Wildman–Crippen LogP) is 6.54. The Morgan fingerprint density at radius 2 is 1.34 bits per heavy atom. The van der Waals surface area contributed by atoms with Crippen LogP contribution < -0.4 is 0 Å². The summed E-state index contributed by atoms with van der Waals surface area (Å²) < 4.78 is 0. The van der Waals surface area contributed by atoms with Gasteiger partial charge in [-0.15, -0.1) is 0 Å². The third-order valence-electron chi connectivity index (χ3n) is 6.25. The van der Waals surface area contributed by atoms with Crippen LogP contribution in [0.3, 0.4) is 0 Å². The normalized spacial score (nSPS) is 20.3. The Labute approximate surface area is 193 Å². The molecule has 2 aromatic carbocycles. The standard InChI is InChI=1S/C28H38N2O2/c1-27(2,3)21-15-20(26(32)22(16-21)28(4,5)6)18-30-24-13-9-8-12-23(24)29-17-19-11-7-10-14-25(19)31/h7,10-11,14-18,23-24,31-32H,8-9,12-13H2,1-6H3/t23-,24-/m0/s1. The molecule has 4 nitrogen and oxygen atoms in total. The average molecular weight is 435 g/mol. The zero-order chi connectivity index (χ0) is 23.5. The van der Waals surface area contributed by atoms with Gasteiger partial charge >= 0.3 is 0 Å². The van der Waals surface area contributed by atoms with Gasteiger partial charge in [0.2, 0.25) is 0 Å². The lowest BCUT2D eigenvalue weighted by Crippen LogP contribution is -2.27. The Balaban J connectivity index is 1.91. The summed E-state index contributed by atoms with van der Waals surface area (Å²) in [4.78, 5) is 9.70. The molecule has 3 rings (SSSR count). The molecule has 0 radical (unpaired) electrons. The molecule has 0 heterocycles. The van der Waals surface area contributed by atoms with Crippen LogP contribution in [-0.2, 0) is 10.8 Å². The van der Waals surface area contributed by atoms with Crippen molar-refractivity contribution in [1.29, 1.82) is 0 Å². The van der Waals surface area contributed by atoms with E-state index in [1.807, 2.05) is 24.4 Å². The van der Waals surface area contributed by atoms with E-state index in [4.69, 9.17) is 9.98 Å². The van der Waals surface area contributed by atoms with Crippen molar-refractivity contribution in [3.8, 4) is 11.5 Å². The summed E-state index contributed by atoms with van der Waals surface area (Å²) in [6.07, 6.45) is 7.83. The van der Waals surface area contributed by atoms with Gasteiger partial charge in [0.1, 0.15) is 11.5 Å². The highest BCUT2D eigenvalue weighted by molar-refractivity contribution is 5.85. The molecule has 1 fully saturated rings. The van der Waals surface area contributed by atoms with Gasteiger partial charge in [0.25, 0.3) is 0 Å². The molecule has 0 spiro atoms. The first-order chi connectivity index (χ1) is 15.0. The summed E-state index contributed by atoms with van der Waals surface area (Å²) in [5.74, 6) is 0.560. The molecule has 32 heavy (non-hydrogen) atoms. The largest absolute Gasteiger partial charge is 0.507 e. The first-order valence-corrected chi connectivity index (χ1v) is 11.7. The molecular weight excluding hydrogens is 396 g/mol. The molecule has 0 bridgehead atoms. The van der Waals surface area contributed by atoms with Gasteiger partial charge in [-0.05, 0) is 47.4 Å². The monoisotopic (exact) mass is 434 g/mol. The summed E-state index contributed by atoms with van der Waals surface area (Å²) in [5.41, 5.74) is 3.46. The van der Waals surface area contributed by atoms with Crippen LogP contribution in [0.2, 0.25) is 0 Å². The number of phenols is 2. The fraction of sp³-hybridized carbons (Fsp3) is 0.500. The number of phenolic OH excluding ortho intramolecular Hbond substituents is 2. The van der Waals surface area contributed by atoms with E-state index < -0.39 is 0 Å². The number of benzene rings is 2. The molecule has 2 aromatic rings. The fourth-order valence-electron chi connectivity index (χ4n) is 4.15. The SMILES string of the molecule is CC(C)(C)c1cc(C=N[C@H]2CCCC[C@@H]2N=Cc2ccccc2O)c(O)c(C(C)(C)C)c1. The van der Waals surface area contributed by atoms with Crippen LogP contribution in [-0.4, -0.2) is 34.7 Å². The van der Waals surface area contributed by atoms with Crippen molar-refractivity contribution in [2.45, 2.75) is 90.1 Å². The van der Waals surface area contributed by atoms with Crippen molar-refractivity contribution in [3.05, 3.63) is 58.7 Å². The van der Waals surface area contributed by atoms with E-state index >= 15 is 0 Å². The molecule has 1 aliphatic carbocycles. The van der Waals surface area contributed by atoms with Crippen molar-refractivity contribution >= 4 is 12.4 Å². The van der Waals surface area contributed by atoms with E-state index in [9.17, 15) is 10.2 Å². The molecule has 2 N–H and O–H groups in total. The predicted molar refractivity (Wildman–Crippen MR) is 135 cm³/mol. The fourth-order valence-corrected chi connectivity index (χ4v) is 4.15. The number of para-hydroxylation sites is 1. The van der Waals surface area contributed by atoms with Crippen molar-refractivity contribution in [1.82, 2.24) is 0 Å². The van der Waals surface area contributed by atoms with Crippen LogP contribution in [0.4, 0.5) is 0 Å². The molecule has 1 saturated carbocycles. The number of aliphatic imine (C=N–C) groups is 2. The summed E-state index contributed by atoms with van der Waals surface area (Å²) in [5, 5.41) is 21.1. The highest BCUT2D eigenvalue weighted by atomic mass is 16.3. The molecule has 0 unspecified atom stereocenters. The highest BCUT2D eigenvalue weighted by Gasteiger charge is 2.26. The van der Waals surface area contributed by atoms with Crippen molar-refractivity contribution < 1.29 is 10.2 Å². The maximum atomic E-state index is 11.0. The van der Waals surface area contributed by atoms with Crippen LogP contribution in [0.1, 0.15) is 89.5 Å². The van der Waals surface area contributed by atoms with Gasteiger partial charge in [0.15, 0.2) is 0 Å². The lowest BCUT2D eigenvalue weighted by molar-refractivity contribution is 0.390. The quantitative estimate of drug-likeness (QED) is 0.536. The minimum absolute atomic E-state index is 0.0222. The van der Waals surface area contributed by atoms with Gasteiger partial charge < -0.3 is 10.2 Å². The van der Waals surface area contributed by atoms with Crippen molar-refractivity contribution in [2.24, 2.45) is 9.98 Å². The van der Waals surface area contributed by atoms with E-state index in [0.717, 1.165) is 42.4 Å². The number of nitrogens with zero attached hydrogens (tertiary/aromatic N) is 2. The Hall–Kier alpha value is -2.62. The van der Waals surface area contributed by atoms with Gasteiger partial charge in [0, 0.05) is 29.1 Å². The zero-order valence-electron chi connectivity index (χ0n) is 20.4. The van der Waals surface area contributed by atoms with E-state index in [1.165, 1.54) is 5.56 Å². The van der Waals surface area contributed by atoms with E-state index in [-0.39, 0.29) is 28.7 Å². The molecular formula is C28H38N2O2. The number of hydrogen-bond donors (Lipinski definition) is 2. The number of aromatic hydroxyl groups is 2. The molecule has 0 aliphatic heterocycles. The molecule has 0 amide bonds. The first-order valence-electron chi connectivity index (χ1n) is 11.7. The minimum atomic E-state index is -0.163. The Bertz CT molecular complexity index is 993. The maximum absolute atomic E-state index is 11.0. The Kier molecular flexibility index (Phi) is 7.12. The number of hydrogen-bond acceptors (Lipinski definition) is 4. The van der Waals surface area contributed by atoms with Crippen LogP contribution in [0.25, 0.3) is 0 Å². The molecule has 4 heteroatoms. The molecule has 0 aromatic heterocycles. The maximum Gasteiger partial charge on any atom is 0.128 e. The zero-order valence-corrected chi connectivity index (χ0v) is 20.4. The molecule has 1 aliphatic rings. The summed E-state index contributed by atoms with van der Waals surface area (Å²) in [6, 6.07) is 11.6. The number of rotatable bonds is 4. The topological polar surface area (TPSA) is 65.2 Å². The van der Waals surface area contributed by atoms with E-state index in [2.05, 4.69) is 53.7 Å². The smallest absolute Gasteiger partial charge is 0.128 e. The van der Waals surface area contributed by atoms with Crippen LogP contribution in [0.5, 0.6) is 11.5 Å². The molecule has 172 valence electrons. The lowest BCUT2D eigenvalue weighted by Gasteiger charge is -2.27. The van der Waals surface area contributed by atoms with E-state index in [0.29, 0.717) is 5.75 Å². The summed E-state index contributed by atoms with van der Waals surface area (Å²) >= 11 is 0. The first kappa shape index (κ1) is 24.0. The molecule has 2 atom stereocenters. The molecule has 0 saturated heterocycles. The summed E-state index contributed by atoms with van der Waals surface area (Å²) in [6.45, 7) is 13.0. The average Bonchev–Trinajstić information content (AvgIpc) is 2.71. The van der Waals surface area contributed by atoms with Gasteiger partial charge in [-0.3, -0.25) is 9.98 Å². The third kappa shape index (κ3) is 5.79. The van der Waals surface area contributed by atoms with Crippen LogP contribution in [0, 0.1) is 0 Å². The van der Waals surface area contributed by atoms with Gasteiger partial charge in [0.05, 0.1) is 12.1 Å². The highest BCUT2D eigenvalue weighted by Crippen LogP contribution is 2.37. The van der Waals surface area contributed by atoms with Crippen molar-refractivity contribution in [3.63, 3.8) is 0 Å². The van der Waals surface area contributed by atoms with Crippen LogP contribution in [0.15, 0.2) is 46.4 Å². The van der Waals surface area contributed by atoms with Crippen LogP contribution >= 0.6 is 0 Å².